The first kappa shape index (κ1) is 21.5. The zero-order chi connectivity index (χ0) is 19.6. The van der Waals surface area contributed by atoms with E-state index >= 15 is 0 Å². The minimum absolute atomic E-state index is 0.313. The van der Waals surface area contributed by atoms with Crippen LogP contribution in [-0.2, 0) is 0 Å². The first-order valence-corrected chi connectivity index (χ1v) is 8.99. The van der Waals surface area contributed by atoms with E-state index in [1.807, 2.05) is 0 Å². The summed E-state index contributed by atoms with van der Waals surface area (Å²) in [5, 5.41) is 5.72. The third kappa shape index (κ3) is 8.19. The Bertz CT molecular complexity index is 848. The van der Waals surface area contributed by atoms with Crippen molar-refractivity contribution in [3.05, 3.63) is 62.6 Å². The topological polar surface area (TPSA) is 81.2 Å². The minimum Gasteiger partial charge on any atom is -0.268 e. The second kappa shape index (κ2) is 11.2. The maximum Gasteiger partial charge on any atom is 0.138 e. The number of hydrogen-bond acceptors (Lipinski definition) is 6. The zero-order valence-electron chi connectivity index (χ0n) is 13.3. The molecule has 0 amide bonds. The largest absolute Gasteiger partial charge is 0.268 e. The molecule has 1 aliphatic heterocycles. The second-order valence-electron chi connectivity index (χ2n) is 4.55. The van der Waals surface area contributed by atoms with E-state index in [0.29, 0.717) is 25.6 Å². The van der Waals surface area contributed by atoms with Crippen LogP contribution in [0.2, 0.25) is 25.6 Å². The van der Waals surface area contributed by atoms with Crippen LogP contribution < -0.4 is 0 Å². The molecule has 4 heterocycles. The average molecular weight is 466 g/mol. The Morgan fingerprint density at radius 3 is 1.78 bits per heavy atom. The Kier molecular flexibility index (Phi) is 8.90. The highest BCUT2D eigenvalue weighted by molar-refractivity contribution is 6.36. The van der Waals surface area contributed by atoms with Gasteiger partial charge in [-0.1, -0.05) is 58.0 Å². The van der Waals surface area contributed by atoms with Crippen LogP contribution in [0, 0.1) is 0 Å². The normalized spacial score (nSPS) is 11.4. The molecule has 0 saturated carbocycles. The molecule has 0 atom stereocenters. The number of halogens is 5. The molecule has 140 valence electrons. The van der Waals surface area contributed by atoms with Crippen molar-refractivity contribution in [3.8, 4) is 5.69 Å². The molecule has 27 heavy (non-hydrogen) atoms. The lowest BCUT2D eigenvalue weighted by atomic mass is 10.4. The van der Waals surface area contributed by atoms with Gasteiger partial charge in [0, 0.05) is 23.4 Å². The van der Waals surface area contributed by atoms with E-state index in [4.69, 9.17) is 58.0 Å². The Balaban J connectivity index is 0.000000161. The molecular formula is C15H10Cl5N7. The summed E-state index contributed by atoms with van der Waals surface area (Å²) in [7, 11) is 0. The van der Waals surface area contributed by atoms with E-state index in [2.05, 4.69) is 30.0 Å². The van der Waals surface area contributed by atoms with Gasteiger partial charge < -0.3 is 0 Å². The van der Waals surface area contributed by atoms with Gasteiger partial charge in [-0.2, -0.15) is 5.10 Å². The molecule has 3 aromatic heterocycles. The molecule has 4 rings (SSSR count). The summed E-state index contributed by atoms with van der Waals surface area (Å²) in [5.41, 5.74) is 0.738. The Morgan fingerprint density at radius 2 is 1.41 bits per heavy atom. The van der Waals surface area contributed by atoms with Crippen molar-refractivity contribution in [2.75, 3.05) is 6.54 Å². The van der Waals surface area contributed by atoms with Gasteiger partial charge in [-0.15, -0.1) is 0 Å². The van der Waals surface area contributed by atoms with Gasteiger partial charge in [0.05, 0.1) is 12.2 Å². The Morgan fingerprint density at radius 1 is 0.815 bits per heavy atom. The molecule has 0 aromatic carbocycles. The van der Waals surface area contributed by atoms with Gasteiger partial charge in [0.1, 0.15) is 39.6 Å². The van der Waals surface area contributed by atoms with Crippen molar-refractivity contribution in [2.45, 2.75) is 0 Å². The van der Waals surface area contributed by atoms with E-state index in [9.17, 15) is 0 Å². The lowest BCUT2D eigenvalue weighted by Crippen LogP contribution is -1.94. The predicted octanol–water partition coefficient (Wildman–Crippen LogP) is 5.11. The number of aromatic nitrogens is 5. The molecular weight excluding hydrogens is 455 g/mol. The van der Waals surface area contributed by atoms with E-state index in [-0.39, 0.29) is 0 Å². The van der Waals surface area contributed by atoms with Crippen molar-refractivity contribution in [2.24, 2.45) is 9.98 Å². The number of nitrogens with zero attached hydrogens (tertiary/aromatic N) is 7. The summed E-state index contributed by atoms with van der Waals surface area (Å²) in [6.45, 7) is 0.778. The summed E-state index contributed by atoms with van der Waals surface area (Å²) in [6, 6.07) is 6.36. The van der Waals surface area contributed by atoms with Crippen LogP contribution in [0.25, 0.3) is 5.69 Å². The van der Waals surface area contributed by atoms with Gasteiger partial charge in [-0.3, -0.25) is 4.99 Å². The Labute approximate surface area is 179 Å². The van der Waals surface area contributed by atoms with E-state index in [0.717, 1.165) is 12.2 Å². The van der Waals surface area contributed by atoms with Crippen LogP contribution in [0.15, 0.2) is 46.9 Å². The third-order valence-corrected chi connectivity index (χ3v) is 3.59. The number of aliphatic imine (C=N–C) groups is 2. The van der Waals surface area contributed by atoms with Crippen LogP contribution in [0.3, 0.4) is 0 Å². The van der Waals surface area contributed by atoms with Crippen molar-refractivity contribution in [1.82, 2.24) is 24.7 Å². The number of pyridine rings is 2. The monoisotopic (exact) mass is 463 g/mol. The van der Waals surface area contributed by atoms with E-state index in [1.54, 1.807) is 35.7 Å². The van der Waals surface area contributed by atoms with Gasteiger partial charge in [0.15, 0.2) is 0 Å². The first-order chi connectivity index (χ1) is 12.9. The average Bonchev–Trinajstić information content (AvgIpc) is 3.30. The van der Waals surface area contributed by atoms with Crippen molar-refractivity contribution in [1.29, 1.82) is 0 Å². The van der Waals surface area contributed by atoms with Gasteiger partial charge in [0.2, 0.25) is 0 Å². The third-order valence-electron chi connectivity index (χ3n) is 2.60. The van der Waals surface area contributed by atoms with Crippen molar-refractivity contribution >= 4 is 70.6 Å². The quantitative estimate of drug-likeness (QED) is 0.468. The van der Waals surface area contributed by atoms with Gasteiger partial charge in [-0.05, 0) is 12.1 Å². The summed E-state index contributed by atoms with van der Waals surface area (Å²) >= 11 is 27.9. The smallest absolute Gasteiger partial charge is 0.138 e. The number of hydrogen-bond donors (Lipinski definition) is 0. The summed E-state index contributed by atoms with van der Waals surface area (Å²) < 4.78 is 1.56. The molecule has 0 saturated heterocycles. The lowest BCUT2D eigenvalue weighted by molar-refractivity contribution is 0.876. The van der Waals surface area contributed by atoms with Crippen LogP contribution >= 0.6 is 58.0 Å². The fourth-order valence-corrected chi connectivity index (χ4v) is 2.83. The molecule has 0 N–H and O–H groups in total. The predicted molar refractivity (Wildman–Crippen MR) is 110 cm³/mol. The van der Waals surface area contributed by atoms with Crippen LogP contribution in [0.5, 0.6) is 0 Å². The molecule has 7 nitrogen and oxygen atoms in total. The van der Waals surface area contributed by atoms with Crippen LogP contribution in [0.4, 0.5) is 0 Å². The van der Waals surface area contributed by atoms with Crippen LogP contribution in [0.1, 0.15) is 0 Å². The standard InChI is InChI=1S/C7H4Cl2N4.C5H2Cl3N.C3H4N2/c8-6-1-5(2-7(9)12-6)13-4-10-3-11-13;6-3-1-4(7)9-5(8)2-3;1-2-5-3-4-1/h1-4H;1-2H;1,3H,2H2. The molecule has 1 aliphatic rings. The highest BCUT2D eigenvalue weighted by atomic mass is 35.5. The first-order valence-electron chi connectivity index (χ1n) is 7.10. The van der Waals surface area contributed by atoms with Crippen molar-refractivity contribution < 1.29 is 0 Å². The molecule has 0 radical (unpaired) electrons. The molecule has 3 aromatic rings. The fourth-order valence-electron chi connectivity index (χ4n) is 1.60. The summed E-state index contributed by atoms with van der Waals surface area (Å²) in [4.78, 5) is 18.7. The van der Waals surface area contributed by atoms with E-state index in [1.165, 1.54) is 18.5 Å². The lowest BCUT2D eigenvalue weighted by Gasteiger charge is -2.00. The fraction of sp³-hybridized carbons (Fsp3) is 0.0667. The summed E-state index contributed by atoms with van der Waals surface area (Å²) in [6.07, 6.45) is 6.31. The zero-order valence-corrected chi connectivity index (χ0v) is 17.1. The minimum atomic E-state index is 0.313. The molecule has 0 unspecified atom stereocenters. The molecule has 0 aliphatic carbocycles. The maximum absolute atomic E-state index is 5.71. The van der Waals surface area contributed by atoms with Crippen molar-refractivity contribution in [3.63, 3.8) is 0 Å². The summed E-state index contributed by atoms with van der Waals surface area (Å²) in [5.74, 6) is 0. The van der Waals surface area contributed by atoms with Gasteiger partial charge in [-0.25, -0.2) is 24.6 Å². The number of rotatable bonds is 1. The highest BCUT2D eigenvalue weighted by Crippen LogP contribution is 2.18. The second-order valence-corrected chi connectivity index (χ2v) is 6.54. The molecule has 12 heteroatoms. The van der Waals surface area contributed by atoms with Gasteiger partial charge >= 0.3 is 0 Å². The Hall–Kier alpha value is -1.77. The molecule has 0 bridgehead atoms. The van der Waals surface area contributed by atoms with Crippen LogP contribution in [-0.4, -0.2) is 43.8 Å². The van der Waals surface area contributed by atoms with Gasteiger partial charge in [0.25, 0.3) is 0 Å². The van der Waals surface area contributed by atoms with E-state index < -0.39 is 0 Å². The molecule has 0 fully saturated rings. The molecule has 0 spiro atoms. The highest BCUT2D eigenvalue weighted by Gasteiger charge is 2.01. The SMILES string of the molecule is C1=NC=NC1.Clc1cc(-n2cncn2)cc(Cl)n1.Clc1cc(Cl)nc(Cl)c1. The maximum atomic E-state index is 5.71.